The fourth-order valence-electron chi connectivity index (χ4n) is 3.33. The molecule has 34 heavy (non-hydrogen) atoms. The number of nitrogens with zero attached hydrogens (tertiary/aromatic N) is 4. The number of ether oxygens (including phenoxy) is 3. The van der Waals surface area contributed by atoms with Crippen LogP contribution in [0.1, 0.15) is 31.1 Å². The van der Waals surface area contributed by atoms with E-state index in [4.69, 9.17) is 19.3 Å². The third kappa shape index (κ3) is 4.80. The average molecular weight is 467 g/mol. The van der Waals surface area contributed by atoms with Gasteiger partial charge in [0, 0.05) is 5.56 Å². The van der Waals surface area contributed by atoms with E-state index in [1.165, 1.54) is 11.0 Å². The van der Waals surface area contributed by atoms with Crippen molar-refractivity contribution in [3.05, 3.63) is 42.0 Å². The number of rotatable bonds is 6. The lowest BCUT2D eigenvalue weighted by Crippen LogP contribution is -2.38. The fourth-order valence-corrected chi connectivity index (χ4v) is 3.33. The Bertz CT molecular complexity index is 1250. The molecular formula is C22H21N5O7. The Hall–Kier alpha value is -4.48. The van der Waals surface area contributed by atoms with E-state index < -0.39 is 36.6 Å². The number of hydrogen-bond acceptors (Lipinski definition) is 9. The molecule has 12 heteroatoms. The summed E-state index contributed by atoms with van der Waals surface area (Å²) in [7, 11) is 0. The van der Waals surface area contributed by atoms with Gasteiger partial charge < -0.3 is 19.3 Å². The highest BCUT2D eigenvalue weighted by molar-refractivity contribution is 6.13. The molecule has 2 heterocycles. The van der Waals surface area contributed by atoms with E-state index >= 15 is 0 Å². The van der Waals surface area contributed by atoms with Crippen LogP contribution in [0.4, 0.5) is 5.69 Å². The van der Waals surface area contributed by atoms with Crippen molar-refractivity contribution >= 4 is 23.5 Å². The lowest BCUT2D eigenvalue weighted by atomic mass is 10.1. The van der Waals surface area contributed by atoms with Crippen molar-refractivity contribution in [2.45, 2.75) is 26.4 Å². The molecule has 0 saturated heterocycles. The summed E-state index contributed by atoms with van der Waals surface area (Å²) in [6, 6.07) is 9.45. The van der Waals surface area contributed by atoms with Gasteiger partial charge in [0.05, 0.1) is 5.69 Å². The molecule has 1 amide bonds. The molecule has 0 aliphatic carbocycles. The Morgan fingerprint density at radius 3 is 2.65 bits per heavy atom. The van der Waals surface area contributed by atoms with Crippen molar-refractivity contribution < 1.29 is 33.7 Å². The zero-order valence-corrected chi connectivity index (χ0v) is 18.6. The van der Waals surface area contributed by atoms with E-state index in [1.54, 1.807) is 51.1 Å². The van der Waals surface area contributed by atoms with Gasteiger partial charge in [-0.25, -0.2) is 4.79 Å². The van der Waals surface area contributed by atoms with Crippen LogP contribution >= 0.6 is 0 Å². The molecule has 4 rings (SSSR count). The second kappa shape index (κ2) is 8.81. The zero-order chi connectivity index (χ0) is 24.5. The highest BCUT2D eigenvalue weighted by Gasteiger charge is 2.34. The summed E-state index contributed by atoms with van der Waals surface area (Å²) in [5.41, 5.74) is -0.0135. The monoisotopic (exact) mass is 467 g/mol. The first-order chi connectivity index (χ1) is 16.1. The number of tetrazole rings is 1. The number of aromatic amines is 1. The molecule has 1 aliphatic heterocycles. The number of esters is 1. The van der Waals surface area contributed by atoms with Crippen LogP contribution in [0.15, 0.2) is 36.4 Å². The van der Waals surface area contributed by atoms with E-state index in [0.29, 0.717) is 5.56 Å². The van der Waals surface area contributed by atoms with Gasteiger partial charge >= 0.3 is 11.9 Å². The number of carbonyl (C=O) groups is 3. The van der Waals surface area contributed by atoms with Gasteiger partial charge in [-0.05, 0) is 56.3 Å². The van der Waals surface area contributed by atoms with Crippen LogP contribution in [-0.2, 0) is 14.3 Å². The number of aromatic nitrogens is 4. The Morgan fingerprint density at radius 2 is 1.97 bits per heavy atom. The topological polar surface area (TPSA) is 157 Å². The summed E-state index contributed by atoms with van der Waals surface area (Å²) in [6.45, 7) is 4.05. The first-order valence-corrected chi connectivity index (χ1v) is 10.2. The first-order valence-electron chi connectivity index (χ1n) is 10.2. The van der Waals surface area contributed by atoms with Gasteiger partial charge in [-0.3, -0.25) is 14.5 Å². The second-order valence-corrected chi connectivity index (χ2v) is 8.31. The van der Waals surface area contributed by atoms with Crippen LogP contribution in [0, 0.1) is 0 Å². The summed E-state index contributed by atoms with van der Waals surface area (Å²) in [5, 5.41) is 22.8. The number of fused-ring (bicyclic) bond motifs is 2. The molecule has 2 aromatic carbocycles. The molecule has 12 nitrogen and oxygen atoms in total. The highest BCUT2D eigenvalue weighted by Crippen LogP contribution is 2.43. The molecule has 0 atom stereocenters. The van der Waals surface area contributed by atoms with E-state index in [0.717, 1.165) is 0 Å². The van der Waals surface area contributed by atoms with Gasteiger partial charge in [-0.2, -0.15) is 5.21 Å². The minimum Gasteiger partial charge on any atom is -0.481 e. The summed E-state index contributed by atoms with van der Waals surface area (Å²) >= 11 is 0. The molecule has 0 radical (unpaired) electrons. The second-order valence-electron chi connectivity index (χ2n) is 8.31. The average Bonchev–Trinajstić information content (AvgIpc) is 3.26. The number of anilines is 1. The van der Waals surface area contributed by atoms with Crippen molar-refractivity contribution in [1.82, 2.24) is 20.6 Å². The van der Waals surface area contributed by atoms with Gasteiger partial charge in [0.1, 0.15) is 29.2 Å². The smallest absolute Gasteiger partial charge is 0.341 e. The third-order valence-electron chi connectivity index (χ3n) is 4.58. The predicted octanol–water partition coefficient (Wildman–Crippen LogP) is 2.42. The minimum atomic E-state index is -1.21. The standard InChI is InChI=1S/C22H21N5O7/c1-22(2,3)34-18(30)10-27-13-9-12(20-23-25-26-24-20)7-8-14(13)33-16-6-4-5-15(19(16)21(27)31)32-11-17(28)29/h4-9H,10-11H2,1-3H3,(H,28,29)(H,23,24,25,26). The normalized spacial score (nSPS) is 12.8. The summed E-state index contributed by atoms with van der Waals surface area (Å²) in [4.78, 5) is 38.7. The molecule has 3 aromatic rings. The Labute approximate surface area is 193 Å². The number of amides is 1. The van der Waals surface area contributed by atoms with E-state index in [2.05, 4.69) is 20.6 Å². The van der Waals surface area contributed by atoms with Crippen LogP contribution < -0.4 is 14.4 Å². The number of benzene rings is 2. The Morgan fingerprint density at radius 1 is 1.18 bits per heavy atom. The Kier molecular flexibility index (Phi) is 5.88. The van der Waals surface area contributed by atoms with E-state index in [1.807, 2.05) is 0 Å². The maximum absolute atomic E-state index is 13.7. The maximum Gasteiger partial charge on any atom is 0.341 e. The quantitative estimate of drug-likeness (QED) is 0.516. The molecule has 0 spiro atoms. The lowest BCUT2D eigenvalue weighted by Gasteiger charge is -2.25. The van der Waals surface area contributed by atoms with Gasteiger partial charge in [0.25, 0.3) is 5.91 Å². The van der Waals surface area contributed by atoms with E-state index in [9.17, 15) is 14.4 Å². The third-order valence-corrected chi connectivity index (χ3v) is 4.58. The zero-order valence-electron chi connectivity index (χ0n) is 18.6. The molecule has 176 valence electrons. The maximum atomic E-state index is 13.7. The number of hydrogen-bond donors (Lipinski definition) is 2. The summed E-state index contributed by atoms with van der Waals surface area (Å²) < 4.78 is 16.8. The number of carboxylic acids is 1. The molecular weight excluding hydrogens is 446 g/mol. The molecule has 0 saturated carbocycles. The SMILES string of the molecule is CC(C)(C)OC(=O)CN1C(=O)c2c(OCC(=O)O)cccc2Oc2ccc(-c3nn[nH]n3)cc21. The van der Waals surface area contributed by atoms with Crippen LogP contribution in [0.3, 0.4) is 0 Å². The van der Waals surface area contributed by atoms with Crippen molar-refractivity contribution in [1.29, 1.82) is 0 Å². The lowest BCUT2D eigenvalue weighted by molar-refractivity contribution is -0.152. The molecule has 1 aliphatic rings. The van der Waals surface area contributed by atoms with Gasteiger partial charge in [0.15, 0.2) is 12.4 Å². The van der Waals surface area contributed by atoms with Crippen molar-refractivity contribution in [2.75, 3.05) is 18.1 Å². The van der Waals surface area contributed by atoms with Crippen LogP contribution in [0.5, 0.6) is 17.2 Å². The van der Waals surface area contributed by atoms with Crippen LogP contribution in [0.2, 0.25) is 0 Å². The molecule has 0 bridgehead atoms. The number of nitrogens with one attached hydrogen (secondary N) is 1. The van der Waals surface area contributed by atoms with Gasteiger partial charge in [-0.15, -0.1) is 10.2 Å². The minimum absolute atomic E-state index is 0.00489. The molecule has 1 aromatic heterocycles. The summed E-state index contributed by atoms with van der Waals surface area (Å²) in [5.74, 6) is -1.79. The van der Waals surface area contributed by atoms with Gasteiger partial charge in [-0.1, -0.05) is 6.07 Å². The predicted molar refractivity (Wildman–Crippen MR) is 117 cm³/mol. The van der Waals surface area contributed by atoms with E-state index in [-0.39, 0.29) is 34.3 Å². The van der Waals surface area contributed by atoms with Crippen molar-refractivity contribution in [3.63, 3.8) is 0 Å². The summed E-state index contributed by atoms with van der Waals surface area (Å²) in [6.07, 6.45) is 0. The number of aliphatic carboxylic acids is 1. The number of carboxylic acid groups (broad SMARTS) is 1. The van der Waals surface area contributed by atoms with Crippen LogP contribution in [-0.4, -0.2) is 62.3 Å². The highest BCUT2D eigenvalue weighted by atomic mass is 16.6. The number of carbonyl (C=O) groups excluding carboxylic acids is 2. The van der Waals surface area contributed by atoms with Crippen LogP contribution in [0.25, 0.3) is 11.4 Å². The molecule has 2 N–H and O–H groups in total. The first kappa shape index (κ1) is 22.7. The van der Waals surface area contributed by atoms with Crippen molar-refractivity contribution in [2.24, 2.45) is 0 Å². The van der Waals surface area contributed by atoms with Gasteiger partial charge in [0.2, 0.25) is 5.82 Å². The number of H-pyrrole nitrogens is 1. The fraction of sp³-hybridized carbons (Fsp3) is 0.273. The van der Waals surface area contributed by atoms with Crippen molar-refractivity contribution in [3.8, 4) is 28.6 Å². The molecule has 0 unspecified atom stereocenters. The Balaban J connectivity index is 1.81. The largest absolute Gasteiger partial charge is 0.481 e. The molecule has 0 fully saturated rings.